The van der Waals surface area contributed by atoms with Gasteiger partial charge in [0.2, 0.25) is 5.95 Å². The van der Waals surface area contributed by atoms with Gasteiger partial charge in [0.1, 0.15) is 0 Å². The van der Waals surface area contributed by atoms with E-state index in [-0.39, 0.29) is 0 Å². The molecule has 0 spiro atoms. The third kappa shape index (κ3) is 2.57. The molecule has 0 bridgehead atoms. The highest BCUT2D eigenvalue weighted by atomic mass is 127. The largest absolute Gasteiger partial charge is 0.338 e. The monoisotopic (exact) mass is 318 g/mol. The van der Waals surface area contributed by atoms with Gasteiger partial charge in [-0.2, -0.15) is 0 Å². The predicted molar refractivity (Wildman–Crippen MR) is 68.8 cm³/mol. The fourth-order valence-corrected chi connectivity index (χ4v) is 2.24. The lowest BCUT2D eigenvalue weighted by Gasteiger charge is -2.36. The fourth-order valence-electron chi connectivity index (χ4n) is 1.96. The molecule has 1 aromatic heterocycles. The van der Waals surface area contributed by atoms with Crippen LogP contribution in [0, 0.1) is 3.57 Å². The Morgan fingerprint density at radius 2 is 2.13 bits per heavy atom. The van der Waals surface area contributed by atoms with Crippen molar-refractivity contribution in [2.75, 3.05) is 11.4 Å². The van der Waals surface area contributed by atoms with Gasteiger partial charge < -0.3 is 10.6 Å². The summed E-state index contributed by atoms with van der Waals surface area (Å²) < 4.78 is 1.07. The second kappa shape index (κ2) is 4.61. The number of anilines is 1. The van der Waals surface area contributed by atoms with E-state index in [1.165, 1.54) is 0 Å². The summed E-state index contributed by atoms with van der Waals surface area (Å²) in [5.74, 6) is 0.829. The van der Waals surface area contributed by atoms with Gasteiger partial charge in [-0.3, -0.25) is 0 Å². The molecule has 2 atom stereocenters. The van der Waals surface area contributed by atoms with Crippen molar-refractivity contribution in [3.63, 3.8) is 0 Å². The van der Waals surface area contributed by atoms with Crippen LogP contribution in [0.15, 0.2) is 12.4 Å². The molecule has 2 heterocycles. The molecule has 4 nitrogen and oxygen atoms in total. The Labute approximate surface area is 103 Å². The fraction of sp³-hybridized carbons (Fsp3) is 0.600. The lowest BCUT2D eigenvalue weighted by Crippen LogP contribution is -2.46. The molecule has 2 unspecified atom stereocenters. The zero-order valence-corrected chi connectivity index (χ0v) is 10.9. The molecule has 82 valence electrons. The van der Waals surface area contributed by atoms with Gasteiger partial charge in [0.15, 0.2) is 0 Å². The summed E-state index contributed by atoms with van der Waals surface area (Å²) in [7, 11) is 0. The van der Waals surface area contributed by atoms with E-state index < -0.39 is 0 Å². The number of rotatable bonds is 1. The van der Waals surface area contributed by atoms with Crippen LogP contribution in [0.5, 0.6) is 0 Å². The number of halogens is 1. The van der Waals surface area contributed by atoms with E-state index in [9.17, 15) is 0 Å². The lowest BCUT2D eigenvalue weighted by atomic mass is 10.00. The van der Waals surface area contributed by atoms with E-state index in [1.54, 1.807) is 0 Å². The van der Waals surface area contributed by atoms with E-state index in [0.29, 0.717) is 12.1 Å². The van der Waals surface area contributed by atoms with Gasteiger partial charge in [-0.1, -0.05) is 0 Å². The minimum absolute atomic E-state index is 0.333. The zero-order valence-electron chi connectivity index (χ0n) is 8.73. The standard InChI is InChI=1S/C10H15IN4/c1-7-4-9(12)2-3-15(7)10-13-5-8(11)6-14-10/h5-7,9H,2-4,12H2,1H3. The van der Waals surface area contributed by atoms with E-state index in [2.05, 4.69) is 44.4 Å². The molecule has 0 saturated carbocycles. The summed E-state index contributed by atoms with van der Waals surface area (Å²) >= 11 is 2.21. The zero-order chi connectivity index (χ0) is 10.8. The third-order valence-corrected chi connectivity index (χ3v) is 3.34. The summed E-state index contributed by atoms with van der Waals surface area (Å²) in [4.78, 5) is 10.9. The van der Waals surface area contributed by atoms with Crippen molar-refractivity contribution in [2.24, 2.45) is 5.73 Å². The molecular weight excluding hydrogens is 303 g/mol. The van der Waals surface area contributed by atoms with Crippen molar-refractivity contribution in [3.05, 3.63) is 16.0 Å². The Bertz CT molecular complexity index is 327. The molecule has 15 heavy (non-hydrogen) atoms. The Morgan fingerprint density at radius 1 is 1.47 bits per heavy atom. The Hall–Kier alpha value is -0.430. The van der Waals surface area contributed by atoms with Crippen LogP contribution in [0.1, 0.15) is 19.8 Å². The first-order valence-electron chi connectivity index (χ1n) is 5.16. The van der Waals surface area contributed by atoms with Crippen molar-refractivity contribution >= 4 is 28.5 Å². The number of piperidine rings is 1. The molecule has 1 saturated heterocycles. The molecule has 0 amide bonds. The summed E-state index contributed by atoms with van der Waals surface area (Å²) in [5.41, 5.74) is 5.92. The van der Waals surface area contributed by atoms with E-state index in [1.807, 2.05) is 12.4 Å². The van der Waals surface area contributed by atoms with Crippen molar-refractivity contribution < 1.29 is 0 Å². The molecular formula is C10H15IN4. The molecule has 1 aliphatic heterocycles. The van der Waals surface area contributed by atoms with Crippen molar-refractivity contribution in [2.45, 2.75) is 31.8 Å². The first kappa shape index (κ1) is 11.1. The predicted octanol–water partition coefficient (Wildman–Crippen LogP) is 1.40. The number of nitrogens with two attached hydrogens (primary N) is 1. The molecule has 1 aliphatic rings. The first-order valence-corrected chi connectivity index (χ1v) is 6.24. The van der Waals surface area contributed by atoms with Gasteiger partial charge in [0.25, 0.3) is 0 Å². The van der Waals surface area contributed by atoms with Crippen LogP contribution < -0.4 is 10.6 Å². The number of aromatic nitrogens is 2. The normalized spacial score (nSPS) is 26.7. The maximum atomic E-state index is 5.92. The van der Waals surface area contributed by atoms with Gasteiger partial charge in [-0.15, -0.1) is 0 Å². The van der Waals surface area contributed by atoms with Crippen molar-refractivity contribution in [1.82, 2.24) is 9.97 Å². The van der Waals surface area contributed by atoms with Crippen LogP contribution in [-0.2, 0) is 0 Å². The van der Waals surface area contributed by atoms with E-state index >= 15 is 0 Å². The van der Waals surface area contributed by atoms with Gasteiger partial charge in [0.05, 0.1) is 0 Å². The number of nitrogens with zero attached hydrogens (tertiary/aromatic N) is 3. The molecule has 1 aromatic rings. The summed E-state index contributed by atoms with van der Waals surface area (Å²) in [6.07, 6.45) is 5.75. The highest BCUT2D eigenvalue weighted by Gasteiger charge is 2.24. The molecule has 5 heteroatoms. The van der Waals surface area contributed by atoms with Crippen LogP contribution in [0.3, 0.4) is 0 Å². The Balaban J connectivity index is 2.13. The quantitative estimate of drug-likeness (QED) is 0.795. The van der Waals surface area contributed by atoms with Gasteiger partial charge in [0, 0.05) is 34.6 Å². The highest BCUT2D eigenvalue weighted by Crippen LogP contribution is 2.20. The second-order valence-electron chi connectivity index (χ2n) is 4.03. The minimum atomic E-state index is 0.333. The highest BCUT2D eigenvalue weighted by molar-refractivity contribution is 14.1. The number of hydrogen-bond acceptors (Lipinski definition) is 4. The SMILES string of the molecule is CC1CC(N)CCN1c1ncc(I)cn1. The van der Waals surface area contributed by atoms with Crippen LogP contribution in [0.4, 0.5) is 5.95 Å². The van der Waals surface area contributed by atoms with Crippen LogP contribution in [-0.4, -0.2) is 28.6 Å². The summed E-state index contributed by atoms with van der Waals surface area (Å²) in [6, 6.07) is 0.772. The first-order chi connectivity index (χ1) is 7.16. The average molecular weight is 318 g/mol. The molecule has 1 fully saturated rings. The summed E-state index contributed by atoms with van der Waals surface area (Å²) in [5, 5.41) is 0. The molecule has 0 radical (unpaired) electrons. The van der Waals surface area contributed by atoms with Crippen LogP contribution in [0.25, 0.3) is 0 Å². The topological polar surface area (TPSA) is 55.0 Å². The smallest absolute Gasteiger partial charge is 0.225 e. The molecule has 2 N–H and O–H groups in total. The molecule has 0 aliphatic carbocycles. The third-order valence-electron chi connectivity index (χ3n) is 2.78. The molecule has 2 rings (SSSR count). The number of hydrogen-bond donors (Lipinski definition) is 1. The lowest BCUT2D eigenvalue weighted by molar-refractivity contribution is 0.424. The maximum absolute atomic E-state index is 5.92. The minimum Gasteiger partial charge on any atom is -0.338 e. The second-order valence-corrected chi connectivity index (χ2v) is 5.27. The maximum Gasteiger partial charge on any atom is 0.225 e. The molecule has 0 aromatic carbocycles. The van der Waals surface area contributed by atoms with E-state index in [4.69, 9.17) is 5.73 Å². The van der Waals surface area contributed by atoms with Crippen molar-refractivity contribution in [1.29, 1.82) is 0 Å². The van der Waals surface area contributed by atoms with Crippen LogP contribution in [0.2, 0.25) is 0 Å². The van der Waals surface area contributed by atoms with Gasteiger partial charge in [-0.05, 0) is 42.4 Å². The Morgan fingerprint density at radius 3 is 2.73 bits per heavy atom. The summed E-state index contributed by atoms with van der Waals surface area (Å²) in [6.45, 7) is 3.14. The van der Waals surface area contributed by atoms with E-state index in [0.717, 1.165) is 28.9 Å². The van der Waals surface area contributed by atoms with Crippen molar-refractivity contribution in [3.8, 4) is 0 Å². The van der Waals surface area contributed by atoms with Gasteiger partial charge >= 0.3 is 0 Å². The van der Waals surface area contributed by atoms with Gasteiger partial charge in [-0.25, -0.2) is 9.97 Å². The Kier molecular flexibility index (Phi) is 3.40. The average Bonchev–Trinajstić information content (AvgIpc) is 2.20. The van der Waals surface area contributed by atoms with Crippen LogP contribution >= 0.6 is 22.6 Å².